The highest BCUT2D eigenvalue weighted by atomic mass is 32.2. The third kappa shape index (κ3) is 2.94. The summed E-state index contributed by atoms with van der Waals surface area (Å²) < 4.78 is 36.1. The minimum atomic E-state index is -3.05. The van der Waals surface area contributed by atoms with Crippen molar-refractivity contribution in [3.8, 4) is 0 Å². The molecule has 2 rings (SSSR count). The fraction of sp³-hybridized carbons (Fsp3) is 0.462. The van der Waals surface area contributed by atoms with Crippen LogP contribution in [0.4, 0.5) is 4.39 Å². The van der Waals surface area contributed by atoms with E-state index in [-0.39, 0.29) is 35.8 Å². The summed E-state index contributed by atoms with van der Waals surface area (Å²) in [5, 5.41) is 0. The van der Waals surface area contributed by atoms with E-state index in [9.17, 15) is 17.6 Å². The highest BCUT2D eigenvalue weighted by Gasteiger charge is 2.31. The minimum absolute atomic E-state index is 0.0107. The Hall–Kier alpha value is -1.43. The number of amides is 1. The first kappa shape index (κ1) is 14.0. The van der Waals surface area contributed by atoms with E-state index in [0.717, 1.165) is 0 Å². The molecule has 0 N–H and O–H groups in total. The molecule has 1 fully saturated rings. The Morgan fingerprint density at radius 3 is 2.68 bits per heavy atom. The van der Waals surface area contributed by atoms with Gasteiger partial charge in [0.15, 0.2) is 9.84 Å². The number of sulfone groups is 1. The van der Waals surface area contributed by atoms with E-state index >= 15 is 0 Å². The molecule has 1 aromatic carbocycles. The van der Waals surface area contributed by atoms with Crippen molar-refractivity contribution in [2.75, 3.05) is 18.1 Å². The van der Waals surface area contributed by atoms with Crippen LogP contribution in [0.5, 0.6) is 0 Å². The van der Waals surface area contributed by atoms with Gasteiger partial charge in [0, 0.05) is 18.2 Å². The molecule has 1 atom stereocenters. The van der Waals surface area contributed by atoms with Crippen molar-refractivity contribution in [2.45, 2.75) is 19.9 Å². The highest BCUT2D eigenvalue weighted by molar-refractivity contribution is 7.91. The van der Waals surface area contributed by atoms with Gasteiger partial charge in [0.1, 0.15) is 5.82 Å². The number of nitrogens with zero attached hydrogens (tertiary/aromatic N) is 1. The van der Waals surface area contributed by atoms with Crippen LogP contribution in [0.3, 0.4) is 0 Å². The Morgan fingerprint density at radius 2 is 2.11 bits per heavy atom. The first-order valence-electron chi connectivity index (χ1n) is 6.08. The number of carbonyl (C=O) groups excluding carboxylic acids is 1. The van der Waals surface area contributed by atoms with Gasteiger partial charge in [0.2, 0.25) is 0 Å². The van der Waals surface area contributed by atoms with Crippen molar-refractivity contribution in [2.24, 2.45) is 0 Å². The van der Waals surface area contributed by atoms with E-state index < -0.39 is 9.84 Å². The van der Waals surface area contributed by atoms with Crippen LogP contribution in [0.15, 0.2) is 18.2 Å². The highest BCUT2D eigenvalue weighted by Crippen LogP contribution is 2.17. The Bertz CT molecular complexity index is 612. The largest absolute Gasteiger partial charge is 0.334 e. The molecule has 1 aliphatic heterocycles. The van der Waals surface area contributed by atoms with Crippen LogP contribution in [-0.4, -0.2) is 43.3 Å². The summed E-state index contributed by atoms with van der Waals surface area (Å²) in [6, 6.07) is 3.83. The summed E-state index contributed by atoms with van der Waals surface area (Å²) in [6.45, 7) is 3.50. The lowest BCUT2D eigenvalue weighted by Gasteiger charge is -2.33. The molecule has 0 radical (unpaired) electrons. The van der Waals surface area contributed by atoms with Crippen LogP contribution in [0, 0.1) is 12.7 Å². The number of hydrogen-bond acceptors (Lipinski definition) is 3. The van der Waals surface area contributed by atoms with Gasteiger partial charge in [-0.3, -0.25) is 4.79 Å². The maximum absolute atomic E-state index is 13.2. The van der Waals surface area contributed by atoms with Crippen molar-refractivity contribution in [1.82, 2.24) is 4.90 Å². The van der Waals surface area contributed by atoms with Gasteiger partial charge in [-0.25, -0.2) is 12.8 Å². The van der Waals surface area contributed by atoms with Gasteiger partial charge >= 0.3 is 0 Å². The summed E-state index contributed by atoms with van der Waals surface area (Å²) in [5.41, 5.74) is 0.799. The van der Waals surface area contributed by atoms with Crippen molar-refractivity contribution >= 4 is 15.7 Å². The summed E-state index contributed by atoms with van der Waals surface area (Å²) >= 11 is 0. The molecule has 1 amide bonds. The molecule has 6 heteroatoms. The number of carbonyl (C=O) groups is 1. The van der Waals surface area contributed by atoms with Gasteiger partial charge in [0.25, 0.3) is 5.91 Å². The second-order valence-corrected chi connectivity index (χ2v) is 7.15. The molecule has 0 aromatic heterocycles. The summed E-state index contributed by atoms with van der Waals surface area (Å²) in [7, 11) is -3.05. The number of rotatable bonds is 1. The molecule has 19 heavy (non-hydrogen) atoms. The SMILES string of the molecule is Cc1cc(C(=O)N2CCS(=O)(=O)CC2C)ccc1F. The second-order valence-electron chi connectivity index (χ2n) is 4.93. The number of halogens is 1. The minimum Gasteiger partial charge on any atom is -0.334 e. The van der Waals surface area contributed by atoms with Crippen LogP contribution in [-0.2, 0) is 9.84 Å². The Labute approximate surface area is 112 Å². The first-order valence-corrected chi connectivity index (χ1v) is 7.90. The lowest BCUT2D eigenvalue weighted by Crippen LogP contribution is -2.49. The quantitative estimate of drug-likeness (QED) is 0.783. The van der Waals surface area contributed by atoms with Gasteiger partial charge in [-0.1, -0.05) is 0 Å². The van der Waals surface area contributed by atoms with Gasteiger partial charge in [0.05, 0.1) is 11.5 Å². The van der Waals surface area contributed by atoms with Crippen LogP contribution < -0.4 is 0 Å². The van der Waals surface area contributed by atoms with Crippen LogP contribution in [0.2, 0.25) is 0 Å². The Morgan fingerprint density at radius 1 is 1.42 bits per heavy atom. The van der Waals surface area contributed by atoms with Gasteiger partial charge in [-0.2, -0.15) is 0 Å². The molecule has 1 aliphatic rings. The van der Waals surface area contributed by atoms with Crippen LogP contribution >= 0.6 is 0 Å². The van der Waals surface area contributed by atoms with E-state index in [1.807, 2.05) is 0 Å². The second kappa shape index (κ2) is 4.92. The Kier molecular flexibility index (Phi) is 3.62. The molecule has 1 unspecified atom stereocenters. The van der Waals surface area contributed by atoms with E-state index in [1.54, 1.807) is 13.8 Å². The topological polar surface area (TPSA) is 54.5 Å². The number of aryl methyl sites for hydroxylation is 1. The van der Waals surface area contributed by atoms with Crippen molar-refractivity contribution in [3.63, 3.8) is 0 Å². The normalized spacial score (nSPS) is 22.3. The van der Waals surface area contributed by atoms with E-state index in [1.165, 1.54) is 23.1 Å². The predicted octanol–water partition coefficient (Wildman–Crippen LogP) is 1.39. The van der Waals surface area contributed by atoms with E-state index in [0.29, 0.717) is 11.1 Å². The molecule has 0 aliphatic carbocycles. The molecule has 1 aromatic rings. The average Bonchev–Trinajstić information content (AvgIpc) is 2.31. The van der Waals surface area contributed by atoms with E-state index in [4.69, 9.17) is 0 Å². The lowest BCUT2D eigenvalue weighted by atomic mass is 10.1. The van der Waals surface area contributed by atoms with Gasteiger partial charge in [-0.15, -0.1) is 0 Å². The summed E-state index contributed by atoms with van der Waals surface area (Å²) in [4.78, 5) is 13.8. The van der Waals surface area contributed by atoms with Crippen LogP contribution in [0.25, 0.3) is 0 Å². The molecule has 0 saturated carbocycles. The third-order valence-corrected chi connectivity index (χ3v) is 5.13. The molecule has 1 saturated heterocycles. The van der Waals surface area contributed by atoms with Crippen molar-refractivity contribution < 1.29 is 17.6 Å². The number of hydrogen-bond donors (Lipinski definition) is 0. The smallest absolute Gasteiger partial charge is 0.254 e. The van der Waals surface area contributed by atoms with Crippen LogP contribution in [0.1, 0.15) is 22.8 Å². The maximum Gasteiger partial charge on any atom is 0.254 e. The predicted molar refractivity (Wildman–Crippen MR) is 70.3 cm³/mol. The van der Waals surface area contributed by atoms with E-state index in [2.05, 4.69) is 0 Å². The summed E-state index contributed by atoms with van der Waals surface area (Å²) in [6.07, 6.45) is 0. The summed E-state index contributed by atoms with van der Waals surface area (Å²) in [5.74, 6) is -0.626. The maximum atomic E-state index is 13.2. The standard InChI is InChI=1S/C13H16FNO3S/c1-9-7-11(3-4-12(9)14)13(16)15-5-6-19(17,18)8-10(15)2/h3-4,7,10H,5-6,8H2,1-2H3. The molecule has 4 nitrogen and oxygen atoms in total. The van der Waals surface area contributed by atoms with Gasteiger partial charge in [-0.05, 0) is 37.6 Å². The third-order valence-electron chi connectivity index (χ3n) is 3.34. The molecular weight excluding hydrogens is 269 g/mol. The fourth-order valence-electron chi connectivity index (χ4n) is 2.24. The molecule has 0 bridgehead atoms. The van der Waals surface area contributed by atoms with Gasteiger partial charge < -0.3 is 4.90 Å². The fourth-order valence-corrected chi connectivity index (χ4v) is 3.80. The zero-order valence-corrected chi connectivity index (χ0v) is 11.7. The Balaban J connectivity index is 2.22. The molecule has 104 valence electrons. The zero-order valence-electron chi connectivity index (χ0n) is 10.9. The molecular formula is C13H16FNO3S. The van der Waals surface area contributed by atoms with Crippen molar-refractivity contribution in [1.29, 1.82) is 0 Å². The first-order chi connectivity index (χ1) is 8.80. The van der Waals surface area contributed by atoms with Crippen molar-refractivity contribution in [3.05, 3.63) is 35.1 Å². The molecule has 1 heterocycles. The lowest BCUT2D eigenvalue weighted by molar-refractivity contribution is 0.0712. The average molecular weight is 285 g/mol. The molecule has 0 spiro atoms. The number of benzene rings is 1. The monoisotopic (exact) mass is 285 g/mol. The zero-order chi connectivity index (χ0) is 14.2.